The molecule has 1 aromatic carbocycles. The van der Waals surface area contributed by atoms with Crippen LogP contribution in [0, 0.1) is 11.3 Å². The molecule has 0 radical (unpaired) electrons. The van der Waals surface area contributed by atoms with Crippen LogP contribution in [0.15, 0.2) is 30.0 Å². The molecule has 4 nitrogen and oxygen atoms in total. The van der Waals surface area contributed by atoms with Gasteiger partial charge in [0.2, 0.25) is 0 Å². The van der Waals surface area contributed by atoms with Gasteiger partial charge in [-0.15, -0.1) is 0 Å². The molecule has 0 heterocycles. The number of carbonyl (C=O) groups excluding carboxylic acids is 1. The van der Waals surface area contributed by atoms with Crippen LogP contribution in [0.1, 0.15) is 26.2 Å². The number of halogens is 2. The molecule has 0 saturated heterocycles. The summed E-state index contributed by atoms with van der Waals surface area (Å²) < 4.78 is 0. The van der Waals surface area contributed by atoms with Crippen LogP contribution in [-0.2, 0) is 4.79 Å². The summed E-state index contributed by atoms with van der Waals surface area (Å²) in [7, 11) is 0. The molecule has 6 heteroatoms. The summed E-state index contributed by atoms with van der Waals surface area (Å²) >= 11 is 11.8. The van der Waals surface area contributed by atoms with Crippen LogP contribution in [0.2, 0.25) is 10.0 Å². The van der Waals surface area contributed by atoms with Crippen molar-refractivity contribution in [1.29, 1.82) is 5.26 Å². The Kier molecular flexibility index (Phi) is 7.66. The standard InChI is InChI=1S/C15H17Cl2N3O/c1-2-3-4-8-19-10-11(9-18)15(21)20-13-7-5-6-12(16)14(13)17/h5-7,10,19H,2-4,8H2,1H3,(H,20,21)/b11-10-. The van der Waals surface area contributed by atoms with Crippen molar-refractivity contribution in [1.82, 2.24) is 5.32 Å². The fourth-order valence-corrected chi connectivity index (χ4v) is 1.94. The summed E-state index contributed by atoms with van der Waals surface area (Å²) in [5.74, 6) is -0.523. The number of hydrogen-bond donors (Lipinski definition) is 2. The van der Waals surface area contributed by atoms with E-state index in [1.54, 1.807) is 18.2 Å². The molecule has 0 bridgehead atoms. The number of hydrogen-bond acceptors (Lipinski definition) is 3. The molecule has 2 N–H and O–H groups in total. The van der Waals surface area contributed by atoms with E-state index >= 15 is 0 Å². The molecule has 0 unspecified atom stereocenters. The minimum Gasteiger partial charge on any atom is -0.390 e. The highest BCUT2D eigenvalue weighted by Crippen LogP contribution is 2.29. The monoisotopic (exact) mass is 325 g/mol. The van der Waals surface area contributed by atoms with Crippen LogP contribution in [-0.4, -0.2) is 12.5 Å². The third kappa shape index (κ3) is 5.66. The first kappa shape index (κ1) is 17.4. The van der Waals surface area contributed by atoms with Crippen molar-refractivity contribution in [2.24, 2.45) is 0 Å². The first-order valence-electron chi connectivity index (χ1n) is 6.69. The maximum absolute atomic E-state index is 12.0. The quantitative estimate of drug-likeness (QED) is 0.450. The summed E-state index contributed by atoms with van der Waals surface area (Å²) in [5, 5.41) is 15.1. The van der Waals surface area contributed by atoms with E-state index in [-0.39, 0.29) is 10.6 Å². The molecule has 0 spiro atoms. The summed E-state index contributed by atoms with van der Waals surface area (Å²) in [6.45, 7) is 2.84. The third-order valence-corrected chi connectivity index (χ3v) is 3.55. The van der Waals surface area contributed by atoms with Gasteiger partial charge in [0.05, 0.1) is 15.7 Å². The number of nitrogens with one attached hydrogen (secondary N) is 2. The van der Waals surface area contributed by atoms with E-state index in [1.165, 1.54) is 6.20 Å². The Labute approximate surface area is 134 Å². The van der Waals surface area contributed by atoms with E-state index in [4.69, 9.17) is 28.5 Å². The van der Waals surface area contributed by atoms with Gasteiger partial charge in [0.25, 0.3) is 5.91 Å². The predicted octanol–water partition coefficient (Wildman–Crippen LogP) is 4.12. The molecule has 1 aromatic rings. The molecular weight excluding hydrogens is 309 g/mol. The third-order valence-electron chi connectivity index (χ3n) is 2.74. The Bertz CT molecular complexity index is 565. The number of nitrogens with zero attached hydrogens (tertiary/aromatic N) is 1. The minimum atomic E-state index is -0.523. The Morgan fingerprint density at radius 2 is 2.14 bits per heavy atom. The maximum Gasteiger partial charge on any atom is 0.267 e. The number of rotatable bonds is 7. The molecule has 1 amide bonds. The number of unbranched alkanes of at least 4 members (excludes halogenated alkanes) is 2. The van der Waals surface area contributed by atoms with Gasteiger partial charge in [0.1, 0.15) is 11.6 Å². The Morgan fingerprint density at radius 1 is 1.38 bits per heavy atom. The predicted molar refractivity (Wildman–Crippen MR) is 86.3 cm³/mol. The van der Waals surface area contributed by atoms with Crippen LogP contribution in [0.3, 0.4) is 0 Å². The summed E-state index contributed by atoms with van der Waals surface area (Å²) in [6.07, 6.45) is 4.63. The van der Waals surface area contributed by atoms with Crippen LogP contribution in [0.25, 0.3) is 0 Å². The normalized spacial score (nSPS) is 10.9. The van der Waals surface area contributed by atoms with Crippen LogP contribution in [0.4, 0.5) is 5.69 Å². The molecule has 21 heavy (non-hydrogen) atoms. The first-order valence-corrected chi connectivity index (χ1v) is 7.44. The van der Waals surface area contributed by atoms with Crippen molar-refractivity contribution < 1.29 is 4.79 Å². The highest BCUT2D eigenvalue weighted by atomic mass is 35.5. The van der Waals surface area contributed by atoms with Gasteiger partial charge in [-0.3, -0.25) is 4.79 Å². The topological polar surface area (TPSA) is 64.9 Å². The van der Waals surface area contributed by atoms with Crippen LogP contribution < -0.4 is 10.6 Å². The largest absolute Gasteiger partial charge is 0.390 e. The van der Waals surface area contributed by atoms with Gasteiger partial charge >= 0.3 is 0 Å². The number of benzene rings is 1. The minimum absolute atomic E-state index is 0.0115. The van der Waals surface area contributed by atoms with E-state index in [0.717, 1.165) is 25.8 Å². The summed E-state index contributed by atoms with van der Waals surface area (Å²) in [6, 6.07) is 6.77. The molecule has 112 valence electrons. The molecule has 0 fully saturated rings. The number of amides is 1. The molecule has 0 atom stereocenters. The lowest BCUT2D eigenvalue weighted by atomic mass is 10.2. The van der Waals surface area contributed by atoms with Gasteiger partial charge in [-0.1, -0.05) is 49.0 Å². The van der Waals surface area contributed by atoms with Crippen molar-refractivity contribution in [2.75, 3.05) is 11.9 Å². The summed E-state index contributed by atoms with van der Waals surface area (Å²) in [5.41, 5.74) is 0.365. The van der Waals surface area contributed by atoms with Crippen molar-refractivity contribution in [3.8, 4) is 6.07 Å². The number of nitriles is 1. The second-order valence-corrected chi connectivity index (χ2v) is 5.17. The van der Waals surface area contributed by atoms with Gasteiger partial charge in [-0.05, 0) is 18.6 Å². The van der Waals surface area contributed by atoms with E-state index in [1.807, 2.05) is 6.07 Å². The summed E-state index contributed by atoms with van der Waals surface area (Å²) in [4.78, 5) is 12.0. The molecule has 0 aliphatic carbocycles. The second-order valence-electron chi connectivity index (χ2n) is 4.39. The fourth-order valence-electron chi connectivity index (χ4n) is 1.59. The Hall–Kier alpha value is -1.70. The van der Waals surface area contributed by atoms with E-state index in [9.17, 15) is 4.79 Å². The first-order chi connectivity index (χ1) is 10.1. The van der Waals surface area contributed by atoms with Gasteiger partial charge in [-0.2, -0.15) is 5.26 Å². The molecule has 0 saturated carbocycles. The molecule has 0 aliphatic rings. The Morgan fingerprint density at radius 3 is 2.81 bits per heavy atom. The van der Waals surface area contributed by atoms with Gasteiger partial charge in [0.15, 0.2) is 0 Å². The zero-order chi connectivity index (χ0) is 15.7. The average molecular weight is 326 g/mol. The highest BCUT2D eigenvalue weighted by molar-refractivity contribution is 6.44. The van der Waals surface area contributed by atoms with Crippen molar-refractivity contribution >= 4 is 34.8 Å². The van der Waals surface area contributed by atoms with E-state index in [2.05, 4.69) is 17.6 Å². The lowest BCUT2D eigenvalue weighted by molar-refractivity contribution is -0.112. The molecule has 0 aliphatic heterocycles. The van der Waals surface area contributed by atoms with Crippen LogP contribution >= 0.6 is 23.2 Å². The molecule has 0 aromatic heterocycles. The van der Waals surface area contributed by atoms with Gasteiger partial charge in [-0.25, -0.2) is 0 Å². The Balaban J connectivity index is 2.65. The van der Waals surface area contributed by atoms with E-state index in [0.29, 0.717) is 10.7 Å². The zero-order valence-electron chi connectivity index (χ0n) is 11.7. The average Bonchev–Trinajstić information content (AvgIpc) is 2.47. The fraction of sp³-hybridized carbons (Fsp3) is 0.333. The maximum atomic E-state index is 12.0. The SMILES string of the molecule is CCCCCN/C=C(/C#N)C(=O)Nc1cccc(Cl)c1Cl. The van der Waals surface area contributed by atoms with Crippen molar-refractivity contribution in [2.45, 2.75) is 26.2 Å². The highest BCUT2D eigenvalue weighted by Gasteiger charge is 2.12. The number of carbonyl (C=O) groups is 1. The van der Waals surface area contributed by atoms with E-state index < -0.39 is 5.91 Å². The molecule has 1 rings (SSSR count). The van der Waals surface area contributed by atoms with Gasteiger partial charge < -0.3 is 10.6 Å². The van der Waals surface area contributed by atoms with Crippen LogP contribution in [0.5, 0.6) is 0 Å². The smallest absolute Gasteiger partial charge is 0.267 e. The lowest BCUT2D eigenvalue weighted by Crippen LogP contribution is -2.17. The number of anilines is 1. The molecular formula is C15H17Cl2N3O. The van der Waals surface area contributed by atoms with Crippen molar-refractivity contribution in [3.63, 3.8) is 0 Å². The lowest BCUT2D eigenvalue weighted by Gasteiger charge is -2.07. The van der Waals surface area contributed by atoms with Crippen molar-refractivity contribution in [3.05, 3.63) is 40.0 Å². The van der Waals surface area contributed by atoms with Gasteiger partial charge in [0, 0.05) is 12.7 Å². The second kappa shape index (κ2) is 9.28. The zero-order valence-corrected chi connectivity index (χ0v) is 13.3.